The Hall–Kier alpha value is -0.0500. The maximum absolute atomic E-state index is 6.47. The normalized spacial score (nSPS) is 17.8. The summed E-state index contributed by atoms with van der Waals surface area (Å²) in [6, 6.07) is 6.65. The van der Waals surface area contributed by atoms with Gasteiger partial charge in [0, 0.05) is 10.5 Å². The van der Waals surface area contributed by atoms with E-state index in [1.807, 2.05) is 6.07 Å². The molecule has 106 valence electrons. The van der Waals surface area contributed by atoms with Crippen molar-refractivity contribution in [2.24, 2.45) is 5.92 Å². The molecule has 1 aromatic carbocycles. The number of rotatable bonds is 6. The summed E-state index contributed by atoms with van der Waals surface area (Å²) in [5, 5.41) is 4.54. The van der Waals surface area contributed by atoms with Gasteiger partial charge in [0.1, 0.15) is 0 Å². The van der Waals surface area contributed by atoms with Crippen molar-refractivity contribution in [1.82, 2.24) is 5.32 Å². The highest BCUT2D eigenvalue weighted by Gasteiger charge is 2.22. The lowest BCUT2D eigenvalue weighted by Gasteiger charge is -2.23. The van der Waals surface area contributed by atoms with E-state index in [-0.39, 0.29) is 0 Å². The van der Waals surface area contributed by atoms with Gasteiger partial charge in [0.2, 0.25) is 0 Å². The van der Waals surface area contributed by atoms with Gasteiger partial charge in [-0.05, 0) is 52.9 Å². The molecule has 0 bridgehead atoms. The SMILES string of the molecule is CCCNC(CC1CCCC1)c1cccc(Br)c1Cl. The average Bonchev–Trinajstić information content (AvgIpc) is 2.91. The van der Waals surface area contributed by atoms with Crippen molar-refractivity contribution in [2.75, 3.05) is 6.54 Å². The van der Waals surface area contributed by atoms with E-state index in [4.69, 9.17) is 11.6 Å². The smallest absolute Gasteiger partial charge is 0.0595 e. The molecule has 1 N–H and O–H groups in total. The number of hydrogen-bond acceptors (Lipinski definition) is 1. The predicted molar refractivity (Wildman–Crippen MR) is 86.8 cm³/mol. The van der Waals surface area contributed by atoms with Gasteiger partial charge in [0.05, 0.1) is 5.02 Å². The first-order chi connectivity index (χ1) is 9.22. The van der Waals surface area contributed by atoms with Crippen LogP contribution in [0.3, 0.4) is 0 Å². The molecule has 3 heteroatoms. The molecule has 1 aliphatic rings. The molecule has 0 heterocycles. The summed E-state index contributed by atoms with van der Waals surface area (Å²) >= 11 is 10.0. The van der Waals surface area contributed by atoms with Crippen molar-refractivity contribution >= 4 is 27.5 Å². The Morgan fingerprint density at radius 2 is 2.11 bits per heavy atom. The van der Waals surface area contributed by atoms with Gasteiger partial charge in [-0.2, -0.15) is 0 Å². The quantitative estimate of drug-likeness (QED) is 0.695. The Labute approximate surface area is 130 Å². The molecule has 1 aliphatic carbocycles. The molecule has 19 heavy (non-hydrogen) atoms. The number of nitrogens with one attached hydrogen (secondary N) is 1. The van der Waals surface area contributed by atoms with Crippen LogP contribution in [0.25, 0.3) is 0 Å². The van der Waals surface area contributed by atoms with Crippen molar-refractivity contribution in [2.45, 2.75) is 51.5 Å². The summed E-state index contributed by atoms with van der Waals surface area (Å²) in [6.45, 7) is 3.27. The van der Waals surface area contributed by atoms with Crippen molar-refractivity contribution in [3.63, 3.8) is 0 Å². The molecular weight excluding hydrogens is 322 g/mol. The van der Waals surface area contributed by atoms with Crippen molar-refractivity contribution in [3.05, 3.63) is 33.3 Å². The second-order valence-electron chi connectivity index (χ2n) is 5.54. The van der Waals surface area contributed by atoms with E-state index in [0.717, 1.165) is 28.4 Å². The zero-order valence-electron chi connectivity index (χ0n) is 11.6. The Morgan fingerprint density at radius 3 is 2.79 bits per heavy atom. The van der Waals surface area contributed by atoms with E-state index in [2.05, 4.69) is 40.3 Å². The monoisotopic (exact) mass is 343 g/mol. The molecule has 0 saturated heterocycles. The van der Waals surface area contributed by atoms with Gasteiger partial charge >= 0.3 is 0 Å². The highest BCUT2D eigenvalue weighted by atomic mass is 79.9. The third-order valence-electron chi connectivity index (χ3n) is 4.04. The molecule has 1 aromatic rings. The Balaban J connectivity index is 2.13. The molecule has 1 nitrogen and oxygen atoms in total. The fourth-order valence-corrected chi connectivity index (χ4v) is 3.65. The van der Waals surface area contributed by atoms with Crippen molar-refractivity contribution in [3.8, 4) is 0 Å². The van der Waals surface area contributed by atoms with E-state index >= 15 is 0 Å². The van der Waals surface area contributed by atoms with Gasteiger partial charge in [-0.15, -0.1) is 0 Å². The van der Waals surface area contributed by atoms with Gasteiger partial charge in [0.25, 0.3) is 0 Å². The van der Waals surface area contributed by atoms with Crippen LogP contribution in [-0.2, 0) is 0 Å². The van der Waals surface area contributed by atoms with Crippen LogP contribution in [0.15, 0.2) is 22.7 Å². The van der Waals surface area contributed by atoms with Crippen LogP contribution >= 0.6 is 27.5 Å². The molecule has 1 fully saturated rings. The molecular formula is C16H23BrClN. The lowest BCUT2D eigenvalue weighted by molar-refractivity contribution is 0.395. The van der Waals surface area contributed by atoms with Gasteiger partial charge in [0.15, 0.2) is 0 Å². The molecule has 2 rings (SSSR count). The fraction of sp³-hybridized carbons (Fsp3) is 0.625. The van der Waals surface area contributed by atoms with Crippen LogP contribution in [0, 0.1) is 5.92 Å². The lowest BCUT2D eigenvalue weighted by atomic mass is 9.93. The summed E-state index contributed by atoms with van der Waals surface area (Å²) in [5.74, 6) is 0.865. The van der Waals surface area contributed by atoms with Gasteiger partial charge < -0.3 is 5.32 Å². The third kappa shape index (κ3) is 4.21. The number of halogens is 2. The molecule has 0 aromatic heterocycles. The van der Waals surface area contributed by atoms with E-state index in [1.54, 1.807) is 0 Å². The highest BCUT2D eigenvalue weighted by Crippen LogP contribution is 2.37. The number of hydrogen-bond donors (Lipinski definition) is 1. The zero-order valence-corrected chi connectivity index (χ0v) is 13.9. The molecule has 0 aliphatic heterocycles. The minimum atomic E-state index is 0.396. The first kappa shape index (κ1) is 15.3. The second kappa shape index (κ2) is 7.66. The first-order valence-electron chi connectivity index (χ1n) is 7.39. The van der Waals surface area contributed by atoms with E-state index in [9.17, 15) is 0 Å². The summed E-state index contributed by atoms with van der Waals surface area (Å²) in [6.07, 6.45) is 7.95. The minimum Gasteiger partial charge on any atom is -0.310 e. The van der Waals surface area contributed by atoms with Crippen LogP contribution in [0.2, 0.25) is 5.02 Å². The topological polar surface area (TPSA) is 12.0 Å². The van der Waals surface area contributed by atoms with Crippen molar-refractivity contribution in [1.29, 1.82) is 0 Å². The summed E-state index contributed by atoms with van der Waals surface area (Å²) in [7, 11) is 0. The molecule has 1 unspecified atom stereocenters. The number of benzene rings is 1. The Bertz CT molecular complexity index is 402. The van der Waals surface area contributed by atoms with Crippen LogP contribution in [0.1, 0.15) is 57.1 Å². The molecule has 0 radical (unpaired) electrons. The maximum Gasteiger partial charge on any atom is 0.0595 e. The Kier molecular flexibility index (Phi) is 6.18. The lowest BCUT2D eigenvalue weighted by Crippen LogP contribution is -2.24. The van der Waals surface area contributed by atoms with Crippen molar-refractivity contribution < 1.29 is 0 Å². The van der Waals surface area contributed by atoms with E-state index in [0.29, 0.717) is 6.04 Å². The van der Waals surface area contributed by atoms with E-state index < -0.39 is 0 Å². The summed E-state index contributed by atoms with van der Waals surface area (Å²) in [5.41, 5.74) is 1.25. The average molecular weight is 345 g/mol. The molecule has 0 amide bonds. The van der Waals surface area contributed by atoms with Crippen LogP contribution in [0.4, 0.5) is 0 Å². The molecule has 1 atom stereocenters. The van der Waals surface area contributed by atoms with Crippen LogP contribution < -0.4 is 5.32 Å². The van der Waals surface area contributed by atoms with Gasteiger partial charge in [-0.3, -0.25) is 0 Å². The molecule has 1 saturated carbocycles. The summed E-state index contributed by atoms with van der Waals surface area (Å²) in [4.78, 5) is 0. The largest absolute Gasteiger partial charge is 0.310 e. The summed E-state index contributed by atoms with van der Waals surface area (Å²) < 4.78 is 1.00. The fourth-order valence-electron chi connectivity index (χ4n) is 3.01. The molecule has 0 spiro atoms. The van der Waals surface area contributed by atoms with Crippen LogP contribution in [-0.4, -0.2) is 6.54 Å². The zero-order chi connectivity index (χ0) is 13.7. The highest BCUT2D eigenvalue weighted by molar-refractivity contribution is 9.10. The first-order valence-corrected chi connectivity index (χ1v) is 8.56. The maximum atomic E-state index is 6.47. The van der Waals surface area contributed by atoms with E-state index in [1.165, 1.54) is 37.7 Å². The minimum absolute atomic E-state index is 0.396. The Morgan fingerprint density at radius 1 is 1.37 bits per heavy atom. The standard InChI is InChI=1S/C16H23BrClN/c1-2-10-19-15(11-12-6-3-4-7-12)13-8-5-9-14(17)16(13)18/h5,8-9,12,15,19H,2-4,6-7,10-11H2,1H3. The predicted octanol–water partition coefficient (Wildman–Crippen LogP) is 5.72. The van der Waals surface area contributed by atoms with Gasteiger partial charge in [-0.1, -0.05) is 56.3 Å². The third-order valence-corrected chi connectivity index (χ3v) is 5.35. The second-order valence-corrected chi connectivity index (χ2v) is 6.77. The van der Waals surface area contributed by atoms with Crippen LogP contribution in [0.5, 0.6) is 0 Å². The van der Waals surface area contributed by atoms with Gasteiger partial charge in [-0.25, -0.2) is 0 Å².